The molecule has 0 aliphatic rings. The molecular weight excluding hydrogens is 318 g/mol. The van der Waals surface area contributed by atoms with Gasteiger partial charge in [0.25, 0.3) is 0 Å². The van der Waals surface area contributed by atoms with Gasteiger partial charge in [-0.25, -0.2) is 4.39 Å². The highest BCUT2D eigenvalue weighted by Crippen LogP contribution is 2.27. The van der Waals surface area contributed by atoms with E-state index in [1.54, 1.807) is 0 Å². The van der Waals surface area contributed by atoms with Crippen molar-refractivity contribution in [1.29, 1.82) is 0 Å². The maximum atomic E-state index is 13.7. The van der Waals surface area contributed by atoms with Crippen molar-refractivity contribution in [2.45, 2.75) is 18.6 Å². The van der Waals surface area contributed by atoms with Gasteiger partial charge in [0.05, 0.1) is 18.7 Å². The molecule has 1 aromatic carbocycles. The molecule has 0 aliphatic carbocycles. The molecule has 2 nitrogen and oxygen atoms in total. The molecule has 0 heterocycles. The Morgan fingerprint density at radius 3 is 2.39 bits per heavy atom. The van der Waals surface area contributed by atoms with Crippen LogP contribution in [0.15, 0.2) is 22.7 Å². The summed E-state index contributed by atoms with van der Waals surface area (Å²) in [7, 11) is 0. The van der Waals surface area contributed by atoms with E-state index >= 15 is 0 Å². The van der Waals surface area contributed by atoms with Gasteiger partial charge in [0.1, 0.15) is 5.82 Å². The van der Waals surface area contributed by atoms with Crippen molar-refractivity contribution in [2.24, 2.45) is 0 Å². The van der Waals surface area contributed by atoms with Crippen LogP contribution in [-0.2, 0) is 5.54 Å². The van der Waals surface area contributed by atoms with Crippen LogP contribution in [0.3, 0.4) is 0 Å². The topological polar surface area (TPSA) is 32.3 Å². The molecule has 0 saturated carbocycles. The van der Waals surface area contributed by atoms with Crippen molar-refractivity contribution in [2.75, 3.05) is 13.2 Å². The summed E-state index contributed by atoms with van der Waals surface area (Å²) in [6.07, 6.45) is -4.43. The summed E-state index contributed by atoms with van der Waals surface area (Å²) in [5.41, 5.74) is -1.50. The minimum absolute atomic E-state index is 0.0162. The first-order valence-corrected chi connectivity index (χ1v) is 5.85. The third kappa shape index (κ3) is 3.93. The lowest BCUT2D eigenvalue weighted by Crippen LogP contribution is -2.47. The predicted octanol–water partition coefficient (Wildman–Crippen LogP) is 2.95. The Bertz CT molecular complexity index is 424. The van der Waals surface area contributed by atoms with Gasteiger partial charge in [-0.15, -0.1) is 0 Å². The van der Waals surface area contributed by atoms with Crippen LogP contribution in [0.4, 0.5) is 17.6 Å². The first kappa shape index (κ1) is 15.4. The second kappa shape index (κ2) is 5.54. The maximum Gasteiger partial charge on any atom is 0.401 e. The van der Waals surface area contributed by atoms with Gasteiger partial charge in [0.15, 0.2) is 0 Å². The molecular formula is C11H12BrF4NO. The fourth-order valence-electron chi connectivity index (χ4n) is 1.47. The van der Waals surface area contributed by atoms with E-state index in [1.807, 2.05) is 0 Å². The van der Waals surface area contributed by atoms with Gasteiger partial charge in [-0.3, -0.25) is 5.32 Å². The Labute approximate surface area is 110 Å². The Hall–Kier alpha value is -0.660. The van der Waals surface area contributed by atoms with Crippen LogP contribution in [0.2, 0.25) is 0 Å². The molecule has 0 amide bonds. The van der Waals surface area contributed by atoms with Crippen molar-refractivity contribution in [3.05, 3.63) is 34.1 Å². The van der Waals surface area contributed by atoms with Crippen LogP contribution in [0.5, 0.6) is 0 Å². The molecule has 18 heavy (non-hydrogen) atoms. The van der Waals surface area contributed by atoms with E-state index in [0.717, 1.165) is 6.07 Å². The molecule has 1 rings (SSSR count). The zero-order valence-corrected chi connectivity index (χ0v) is 11.1. The molecule has 0 saturated heterocycles. The molecule has 0 fully saturated rings. The lowest BCUT2D eigenvalue weighted by atomic mass is 9.92. The van der Waals surface area contributed by atoms with Gasteiger partial charge in [-0.2, -0.15) is 13.2 Å². The smallest absolute Gasteiger partial charge is 0.394 e. The Kier molecular flexibility index (Phi) is 4.74. The number of aliphatic hydroxyl groups excluding tert-OH is 1. The number of rotatable bonds is 4. The number of halogens is 5. The number of alkyl halides is 3. The van der Waals surface area contributed by atoms with Crippen LogP contribution < -0.4 is 5.32 Å². The van der Waals surface area contributed by atoms with Gasteiger partial charge in [0, 0.05) is 10.0 Å². The lowest BCUT2D eigenvalue weighted by Gasteiger charge is -2.30. The predicted molar refractivity (Wildman–Crippen MR) is 62.6 cm³/mol. The number of hydrogen-bond donors (Lipinski definition) is 2. The monoisotopic (exact) mass is 329 g/mol. The minimum Gasteiger partial charge on any atom is -0.394 e. The fraction of sp³-hybridized carbons (Fsp3) is 0.455. The third-order valence-corrected chi connectivity index (χ3v) is 3.01. The van der Waals surface area contributed by atoms with E-state index in [1.165, 1.54) is 19.1 Å². The van der Waals surface area contributed by atoms with Crippen molar-refractivity contribution in [3.8, 4) is 0 Å². The van der Waals surface area contributed by atoms with Gasteiger partial charge in [0.2, 0.25) is 0 Å². The highest BCUT2D eigenvalue weighted by atomic mass is 79.9. The molecule has 1 unspecified atom stereocenters. The molecule has 1 atom stereocenters. The Morgan fingerprint density at radius 1 is 1.33 bits per heavy atom. The van der Waals surface area contributed by atoms with E-state index in [0.29, 0.717) is 4.47 Å². The Morgan fingerprint density at radius 2 is 1.94 bits per heavy atom. The second-order valence-electron chi connectivity index (χ2n) is 4.08. The molecule has 0 bridgehead atoms. The lowest BCUT2D eigenvalue weighted by molar-refractivity contribution is -0.129. The summed E-state index contributed by atoms with van der Waals surface area (Å²) < 4.78 is 50.6. The number of nitrogens with one attached hydrogen (secondary N) is 1. The summed E-state index contributed by atoms with van der Waals surface area (Å²) in [6.45, 7) is -0.647. The molecule has 2 N–H and O–H groups in total. The molecule has 0 aromatic heterocycles. The third-order valence-electron chi connectivity index (χ3n) is 2.52. The van der Waals surface area contributed by atoms with E-state index < -0.39 is 30.7 Å². The number of aliphatic hydroxyl groups is 1. The number of benzene rings is 1. The van der Waals surface area contributed by atoms with Crippen LogP contribution in [0.25, 0.3) is 0 Å². The van der Waals surface area contributed by atoms with E-state index in [-0.39, 0.29) is 5.56 Å². The van der Waals surface area contributed by atoms with E-state index in [4.69, 9.17) is 0 Å². The summed E-state index contributed by atoms with van der Waals surface area (Å²) >= 11 is 3.05. The Balaban J connectivity index is 2.99. The fourth-order valence-corrected chi connectivity index (χ4v) is 1.80. The van der Waals surface area contributed by atoms with Gasteiger partial charge in [-0.1, -0.05) is 22.0 Å². The standard InChI is InChI=1S/C11H12BrF4NO/c1-10(6-18,17-5-11(14,15)16)8-3-2-7(12)4-9(8)13/h2-4,17-18H,5-6H2,1H3. The van der Waals surface area contributed by atoms with Crippen LogP contribution in [0, 0.1) is 5.82 Å². The van der Waals surface area contributed by atoms with Crippen LogP contribution in [-0.4, -0.2) is 24.4 Å². The average molecular weight is 330 g/mol. The first-order valence-electron chi connectivity index (χ1n) is 5.06. The zero-order chi connectivity index (χ0) is 14.0. The van der Waals surface area contributed by atoms with Crippen molar-refractivity contribution < 1.29 is 22.7 Å². The molecule has 0 aliphatic heterocycles. The minimum atomic E-state index is -4.43. The summed E-state index contributed by atoms with van der Waals surface area (Å²) in [5.74, 6) is -0.685. The van der Waals surface area contributed by atoms with Crippen molar-refractivity contribution >= 4 is 15.9 Å². The molecule has 102 valence electrons. The van der Waals surface area contributed by atoms with Gasteiger partial charge >= 0.3 is 6.18 Å². The molecule has 0 radical (unpaired) electrons. The number of hydrogen-bond acceptors (Lipinski definition) is 2. The second-order valence-corrected chi connectivity index (χ2v) is 5.00. The van der Waals surface area contributed by atoms with E-state index in [2.05, 4.69) is 21.2 Å². The quantitative estimate of drug-likeness (QED) is 0.832. The SMILES string of the molecule is CC(CO)(NCC(F)(F)F)c1ccc(Br)cc1F. The normalized spacial score (nSPS) is 15.5. The summed E-state index contributed by atoms with van der Waals surface area (Å²) in [6, 6.07) is 3.97. The largest absolute Gasteiger partial charge is 0.401 e. The highest BCUT2D eigenvalue weighted by Gasteiger charge is 2.35. The molecule has 0 spiro atoms. The first-order chi connectivity index (χ1) is 8.18. The molecule has 7 heteroatoms. The maximum absolute atomic E-state index is 13.7. The van der Waals surface area contributed by atoms with Crippen molar-refractivity contribution in [1.82, 2.24) is 5.32 Å². The van der Waals surface area contributed by atoms with Gasteiger partial charge < -0.3 is 5.11 Å². The van der Waals surface area contributed by atoms with Crippen molar-refractivity contribution in [3.63, 3.8) is 0 Å². The summed E-state index contributed by atoms with van der Waals surface area (Å²) in [5, 5.41) is 11.4. The highest BCUT2D eigenvalue weighted by molar-refractivity contribution is 9.10. The van der Waals surface area contributed by atoms with Crippen LogP contribution in [0.1, 0.15) is 12.5 Å². The van der Waals surface area contributed by atoms with Crippen LogP contribution >= 0.6 is 15.9 Å². The molecule has 1 aromatic rings. The zero-order valence-electron chi connectivity index (χ0n) is 9.48. The van der Waals surface area contributed by atoms with Gasteiger partial charge in [-0.05, 0) is 19.1 Å². The summed E-state index contributed by atoms with van der Waals surface area (Å²) in [4.78, 5) is 0. The average Bonchev–Trinajstić information content (AvgIpc) is 2.25. The van der Waals surface area contributed by atoms with E-state index in [9.17, 15) is 22.7 Å².